The molecule has 0 saturated heterocycles. The molecule has 0 spiro atoms. The van der Waals surface area contributed by atoms with Crippen LogP contribution in [0.2, 0.25) is 0 Å². The van der Waals surface area contributed by atoms with Gasteiger partial charge in [0.1, 0.15) is 0 Å². The second kappa shape index (κ2) is 5.72. The van der Waals surface area contributed by atoms with E-state index in [2.05, 4.69) is 27.7 Å². The van der Waals surface area contributed by atoms with Crippen LogP contribution in [0.15, 0.2) is 0 Å². The Balaban J connectivity index is 3.31. The first-order valence-corrected chi connectivity index (χ1v) is 4.33. The molecule has 0 aliphatic carbocycles. The lowest BCUT2D eigenvalue weighted by Crippen LogP contribution is -2.17. The van der Waals surface area contributed by atoms with Gasteiger partial charge in [0.2, 0.25) is 0 Å². The van der Waals surface area contributed by atoms with Crippen molar-refractivity contribution in [2.24, 2.45) is 5.92 Å². The molecule has 0 aliphatic heterocycles. The molecule has 0 fully saturated rings. The first-order chi connectivity index (χ1) is 4.72. The van der Waals surface area contributed by atoms with Gasteiger partial charge in [-0.05, 0) is 19.3 Å². The van der Waals surface area contributed by atoms with E-state index in [1.807, 2.05) is 0 Å². The van der Waals surface area contributed by atoms with Crippen LogP contribution in [0.25, 0.3) is 0 Å². The molecule has 1 heteroatoms. The van der Waals surface area contributed by atoms with Crippen LogP contribution < -0.4 is 0 Å². The second-order valence-electron chi connectivity index (χ2n) is 2.96. The van der Waals surface area contributed by atoms with Gasteiger partial charge in [-0.3, -0.25) is 0 Å². The minimum absolute atomic E-state index is 0.435. The fourth-order valence-corrected chi connectivity index (χ4v) is 0.800. The molecule has 0 aromatic heterocycles. The maximum Gasteiger partial charge on any atom is 0.0572 e. The quantitative estimate of drug-likeness (QED) is 0.576. The first-order valence-electron chi connectivity index (χ1n) is 4.33. The number of hydrogen-bond donors (Lipinski definition) is 0. The summed E-state index contributed by atoms with van der Waals surface area (Å²) in [5.41, 5.74) is 0. The van der Waals surface area contributed by atoms with Crippen molar-refractivity contribution in [2.45, 2.75) is 46.6 Å². The molecule has 0 aromatic carbocycles. The van der Waals surface area contributed by atoms with Gasteiger partial charge in [-0.1, -0.05) is 27.2 Å². The van der Waals surface area contributed by atoms with E-state index in [4.69, 9.17) is 4.74 Å². The summed E-state index contributed by atoms with van der Waals surface area (Å²) < 4.78 is 5.54. The summed E-state index contributed by atoms with van der Waals surface area (Å²) in [6.07, 6.45) is 2.77. The SMILES string of the molecule is CCCOC(C)[C@H](C)CC. The molecule has 10 heavy (non-hydrogen) atoms. The molecule has 1 nitrogen and oxygen atoms in total. The van der Waals surface area contributed by atoms with Crippen molar-refractivity contribution in [1.29, 1.82) is 0 Å². The molecule has 0 amide bonds. The smallest absolute Gasteiger partial charge is 0.0572 e. The van der Waals surface area contributed by atoms with Gasteiger partial charge < -0.3 is 4.74 Å². The molecule has 0 heterocycles. The predicted molar refractivity (Wildman–Crippen MR) is 45.2 cm³/mol. The molecule has 0 aliphatic rings. The predicted octanol–water partition coefficient (Wildman–Crippen LogP) is 2.85. The minimum atomic E-state index is 0.435. The van der Waals surface area contributed by atoms with Crippen molar-refractivity contribution in [3.05, 3.63) is 0 Å². The summed E-state index contributed by atoms with van der Waals surface area (Å²) in [6, 6.07) is 0. The Kier molecular flexibility index (Phi) is 5.70. The van der Waals surface area contributed by atoms with E-state index in [-0.39, 0.29) is 0 Å². The van der Waals surface area contributed by atoms with Gasteiger partial charge in [0.15, 0.2) is 0 Å². The fraction of sp³-hybridized carbons (Fsp3) is 1.00. The highest BCUT2D eigenvalue weighted by atomic mass is 16.5. The molecule has 0 radical (unpaired) electrons. The third-order valence-electron chi connectivity index (χ3n) is 2.03. The van der Waals surface area contributed by atoms with E-state index >= 15 is 0 Å². The normalized spacial score (nSPS) is 16.8. The summed E-state index contributed by atoms with van der Waals surface area (Å²) in [6.45, 7) is 9.65. The van der Waals surface area contributed by atoms with E-state index in [1.54, 1.807) is 0 Å². The van der Waals surface area contributed by atoms with Crippen LogP contribution in [0.3, 0.4) is 0 Å². The zero-order valence-corrected chi connectivity index (χ0v) is 7.68. The Morgan fingerprint density at radius 1 is 1.20 bits per heavy atom. The molecule has 0 N–H and O–H groups in total. The van der Waals surface area contributed by atoms with Gasteiger partial charge in [-0.25, -0.2) is 0 Å². The lowest BCUT2D eigenvalue weighted by atomic mass is 10.0. The zero-order valence-electron chi connectivity index (χ0n) is 7.68. The largest absolute Gasteiger partial charge is 0.378 e. The lowest BCUT2D eigenvalue weighted by molar-refractivity contribution is 0.0296. The van der Waals surface area contributed by atoms with Crippen molar-refractivity contribution in [2.75, 3.05) is 6.61 Å². The monoisotopic (exact) mass is 144 g/mol. The van der Waals surface area contributed by atoms with Crippen molar-refractivity contribution in [1.82, 2.24) is 0 Å². The molecule has 62 valence electrons. The van der Waals surface area contributed by atoms with Crippen LogP contribution >= 0.6 is 0 Å². The Labute approximate surface area is 64.8 Å². The Morgan fingerprint density at radius 2 is 1.80 bits per heavy atom. The Bertz CT molecular complexity index is 71.1. The number of rotatable bonds is 5. The standard InChI is InChI=1S/C9H20O/c1-5-7-10-9(4)8(3)6-2/h8-9H,5-7H2,1-4H3/t8-,9?/m1/s1. The Hall–Kier alpha value is -0.0400. The zero-order chi connectivity index (χ0) is 7.98. The molecule has 0 bridgehead atoms. The molecule has 0 aromatic rings. The van der Waals surface area contributed by atoms with Crippen LogP contribution in [0, 0.1) is 5.92 Å². The van der Waals surface area contributed by atoms with Gasteiger partial charge in [0.25, 0.3) is 0 Å². The summed E-state index contributed by atoms with van der Waals surface area (Å²) in [4.78, 5) is 0. The first kappa shape index (κ1) is 9.96. The van der Waals surface area contributed by atoms with Crippen molar-refractivity contribution < 1.29 is 4.74 Å². The molecular weight excluding hydrogens is 124 g/mol. The maximum absolute atomic E-state index is 5.54. The third-order valence-corrected chi connectivity index (χ3v) is 2.03. The topological polar surface area (TPSA) is 9.23 Å². The van der Waals surface area contributed by atoms with Gasteiger partial charge in [-0.15, -0.1) is 0 Å². The van der Waals surface area contributed by atoms with E-state index in [9.17, 15) is 0 Å². The average molecular weight is 144 g/mol. The Morgan fingerprint density at radius 3 is 2.20 bits per heavy atom. The second-order valence-corrected chi connectivity index (χ2v) is 2.96. The van der Waals surface area contributed by atoms with Crippen LogP contribution in [0.5, 0.6) is 0 Å². The summed E-state index contributed by atoms with van der Waals surface area (Å²) in [5, 5.41) is 0. The summed E-state index contributed by atoms with van der Waals surface area (Å²) in [7, 11) is 0. The fourth-order valence-electron chi connectivity index (χ4n) is 0.800. The van der Waals surface area contributed by atoms with Gasteiger partial charge in [0.05, 0.1) is 6.10 Å². The van der Waals surface area contributed by atoms with Crippen LogP contribution in [0.1, 0.15) is 40.5 Å². The van der Waals surface area contributed by atoms with Crippen LogP contribution in [0.4, 0.5) is 0 Å². The summed E-state index contributed by atoms with van der Waals surface area (Å²) >= 11 is 0. The van der Waals surface area contributed by atoms with Gasteiger partial charge >= 0.3 is 0 Å². The molecule has 2 atom stereocenters. The van der Waals surface area contributed by atoms with E-state index in [0.717, 1.165) is 13.0 Å². The highest BCUT2D eigenvalue weighted by Crippen LogP contribution is 2.10. The van der Waals surface area contributed by atoms with Crippen molar-refractivity contribution in [3.63, 3.8) is 0 Å². The van der Waals surface area contributed by atoms with E-state index in [0.29, 0.717) is 12.0 Å². The maximum atomic E-state index is 5.54. The van der Waals surface area contributed by atoms with Crippen molar-refractivity contribution in [3.8, 4) is 0 Å². The van der Waals surface area contributed by atoms with Gasteiger partial charge in [0, 0.05) is 6.61 Å². The average Bonchev–Trinajstić information content (AvgIpc) is 1.98. The highest BCUT2D eigenvalue weighted by molar-refractivity contribution is 4.58. The molecular formula is C9H20O. The third kappa shape index (κ3) is 3.89. The highest BCUT2D eigenvalue weighted by Gasteiger charge is 2.08. The van der Waals surface area contributed by atoms with E-state index < -0.39 is 0 Å². The molecule has 1 unspecified atom stereocenters. The number of hydrogen-bond acceptors (Lipinski definition) is 1. The van der Waals surface area contributed by atoms with Gasteiger partial charge in [-0.2, -0.15) is 0 Å². The van der Waals surface area contributed by atoms with Crippen LogP contribution in [-0.2, 0) is 4.74 Å². The number of ether oxygens (including phenoxy) is 1. The van der Waals surface area contributed by atoms with E-state index in [1.165, 1.54) is 6.42 Å². The van der Waals surface area contributed by atoms with Crippen LogP contribution in [-0.4, -0.2) is 12.7 Å². The van der Waals surface area contributed by atoms with Crippen molar-refractivity contribution >= 4 is 0 Å². The minimum Gasteiger partial charge on any atom is -0.378 e. The molecule has 0 saturated carbocycles. The molecule has 0 rings (SSSR count). The summed E-state index contributed by atoms with van der Waals surface area (Å²) in [5.74, 6) is 0.701. The lowest BCUT2D eigenvalue weighted by Gasteiger charge is -2.18.